The Hall–Kier alpha value is -1.59. The number of ether oxygens (including phenoxy) is 1. The van der Waals surface area contributed by atoms with Gasteiger partial charge in [0, 0.05) is 6.54 Å². The molecule has 1 saturated heterocycles. The van der Waals surface area contributed by atoms with Crippen molar-refractivity contribution in [1.29, 1.82) is 0 Å². The van der Waals surface area contributed by atoms with Gasteiger partial charge in [-0.05, 0) is 23.6 Å². The van der Waals surface area contributed by atoms with Crippen molar-refractivity contribution in [3.05, 3.63) is 29.8 Å². The molecule has 1 fully saturated rings. The third-order valence-electron chi connectivity index (χ3n) is 3.88. The molecular formula is C15H22N2O3. The maximum atomic E-state index is 11.9. The summed E-state index contributed by atoms with van der Waals surface area (Å²) in [6.07, 6.45) is 0. The molecule has 110 valence electrons. The highest BCUT2D eigenvalue weighted by atomic mass is 16.5. The number of aliphatic hydroxyl groups is 1. The van der Waals surface area contributed by atoms with Gasteiger partial charge in [0.15, 0.2) is 6.61 Å². The molecule has 1 amide bonds. The lowest BCUT2D eigenvalue weighted by Gasteiger charge is -2.48. The van der Waals surface area contributed by atoms with Crippen LogP contribution in [0.5, 0.6) is 5.75 Å². The Labute approximate surface area is 119 Å². The first-order chi connectivity index (χ1) is 9.44. The van der Waals surface area contributed by atoms with Crippen molar-refractivity contribution in [2.75, 3.05) is 19.7 Å². The smallest absolute Gasteiger partial charge is 0.260 e. The number of nitrogens with zero attached hydrogens (tertiary/aromatic N) is 1. The van der Waals surface area contributed by atoms with Crippen LogP contribution in [0.25, 0.3) is 0 Å². The van der Waals surface area contributed by atoms with Crippen LogP contribution in [0.3, 0.4) is 0 Å². The minimum atomic E-state index is -0.738. The molecule has 5 heteroatoms. The minimum absolute atomic E-state index is 0.00382. The van der Waals surface area contributed by atoms with Crippen molar-refractivity contribution in [3.63, 3.8) is 0 Å². The molecule has 0 radical (unpaired) electrons. The van der Waals surface area contributed by atoms with Crippen LogP contribution in [0.1, 0.15) is 19.4 Å². The number of likely N-dealkylation sites (tertiary alicyclic amines) is 1. The summed E-state index contributed by atoms with van der Waals surface area (Å²) in [7, 11) is 0. The van der Waals surface area contributed by atoms with E-state index in [1.165, 1.54) is 0 Å². The molecule has 0 spiro atoms. The number of rotatable bonds is 5. The van der Waals surface area contributed by atoms with Crippen molar-refractivity contribution >= 4 is 5.91 Å². The van der Waals surface area contributed by atoms with Gasteiger partial charge in [0.1, 0.15) is 11.4 Å². The van der Waals surface area contributed by atoms with E-state index in [1.807, 2.05) is 26.0 Å². The van der Waals surface area contributed by atoms with Gasteiger partial charge >= 0.3 is 0 Å². The first-order valence-electron chi connectivity index (χ1n) is 6.86. The monoisotopic (exact) mass is 278 g/mol. The van der Waals surface area contributed by atoms with Crippen LogP contribution in [0, 0.1) is 5.92 Å². The molecule has 1 aromatic carbocycles. The van der Waals surface area contributed by atoms with E-state index in [9.17, 15) is 9.90 Å². The van der Waals surface area contributed by atoms with Crippen molar-refractivity contribution < 1.29 is 14.6 Å². The van der Waals surface area contributed by atoms with Gasteiger partial charge in [-0.1, -0.05) is 26.0 Å². The summed E-state index contributed by atoms with van der Waals surface area (Å²) in [6, 6.07) is 7.36. The van der Waals surface area contributed by atoms with Gasteiger partial charge < -0.3 is 20.5 Å². The standard InChI is InChI=1S/C15H22N2O3/c1-11(2)15(19)9-17(10-15)14(18)8-20-13-5-3-12(7-16)4-6-13/h3-6,11,19H,7-10,16H2,1-2H3. The molecule has 3 N–H and O–H groups in total. The summed E-state index contributed by atoms with van der Waals surface area (Å²) in [5, 5.41) is 10.1. The van der Waals surface area contributed by atoms with E-state index in [4.69, 9.17) is 10.5 Å². The molecular weight excluding hydrogens is 256 g/mol. The highest BCUT2D eigenvalue weighted by Gasteiger charge is 2.45. The highest BCUT2D eigenvalue weighted by molar-refractivity contribution is 5.79. The SMILES string of the molecule is CC(C)C1(O)CN(C(=O)COc2ccc(CN)cc2)C1. The number of carbonyl (C=O) groups excluding carboxylic acids is 1. The van der Waals surface area contributed by atoms with Gasteiger partial charge in [-0.25, -0.2) is 0 Å². The summed E-state index contributed by atoms with van der Waals surface area (Å²) >= 11 is 0. The quantitative estimate of drug-likeness (QED) is 0.833. The van der Waals surface area contributed by atoms with Crippen molar-refractivity contribution in [2.24, 2.45) is 11.7 Å². The van der Waals surface area contributed by atoms with Gasteiger partial charge in [0.2, 0.25) is 0 Å². The van der Waals surface area contributed by atoms with Gasteiger partial charge in [0.05, 0.1) is 13.1 Å². The average molecular weight is 278 g/mol. The van der Waals surface area contributed by atoms with Crippen LogP contribution in [-0.2, 0) is 11.3 Å². The maximum Gasteiger partial charge on any atom is 0.260 e. The van der Waals surface area contributed by atoms with E-state index >= 15 is 0 Å². The van der Waals surface area contributed by atoms with E-state index in [0.717, 1.165) is 5.56 Å². The first kappa shape index (κ1) is 14.8. The molecule has 5 nitrogen and oxygen atoms in total. The van der Waals surface area contributed by atoms with Gasteiger partial charge in [0.25, 0.3) is 5.91 Å². The molecule has 0 atom stereocenters. The zero-order chi connectivity index (χ0) is 14.8. The summed E-state index contributed by atoms with van der Waals surface area (Å²) in [5.74, 6) is 0.699. The van der Waals surface area contributed by atoms with E-state index in [1.54, 1.807) is 17.0 Å². The largest absolute Gasteiger partial charge is 0.484 e. The van der Waals surface area contributed by atoms with E-state index < -0.39 is 5.60 Å². The number of amides is 1. The number of hydrogen-bond acceptors (Lipinski definition) is 4. The lowest BCUT2D eigenvalue weighted by molar-refractivity contribution is -0.165. The second-order valence-corrected chi connectivity index (χ2v) is 5.64. The number of benzene rings is 1. The van der Waals surface area contributed by atoms with Crippen molar-refractivity contribution in [1.82, 2.24) is 4.90 Å². The van der Waals surface area contributed by atoms with Gasteiger partial charge in [-0.15, -0.1) is 0 Å². The Kier molecular flexibility index (Phi) is 4.30. The molecule has 0 aromatic heterocycles. The van der Waals surface area contributed by atoms with Crippen LogP contribution < -0.4 is 10.5 Å². The van der Waals surface area contributed by atoms with E-state index in [2.05, 4.69) is 0 Å². The fourth-order valence-corrected chi connectivity index (χ4v) is 2.11. The molecule has 20 heavy (non-hydrogen) atoms. The first-order valence-corrected chi connectivity index (χ1v) is 6.86. The number of carbonyl (C=O) groups is 1. The molecule has 1 aromatic rings. The van der Waals surface area contributed by atoms with E-state index in [0.29, 0.717) is 25.4 Å². The maximum absolute atomic E-state index is 11.9. The second kappa shape index (κ2) is 5.81. The van der Waals surface area contributed by atoms with Crippen LogP contribution in [0.2, 0.25) is 0 Å². The van der Waals surface area contributed by atoms with Crippen molar-refractivity contribution in [3.8, 4) is 5.75 Å². The summed E-state index contributed by atoms with van der Waals surface area (Å²) < 4.78 is 5.44. The third kappa shape index (κ3) is 3.11. The zero-order valence-electron chi connectivity index (χ0n) is 12.0. The van der Waals surface area contributed by atoms with E-state index in [-0.39, 0.29) is 18.4 Å². The Morgan fingerprint density at radius 3 is 2.50 bits per heavy atom. The van der Waals surface area contributed by atoms with Crippen LogP contribution in [0.4, 0.5) is 0 Å². The molecule has 0 saturated carbocycles. The van der Waals surface area contributed by atoms with Crippen LogP contribution >= 0.6 is 0 Å². The Bertz CT molecular complexity index is 465. The van der Waals surface area contributed by atoms with Gasteiger partial charge in [-0.2, -0.15) is 0 Å². The fourth-order valence-electron chi connectivity index (χ4n) is 2.11. The normalized spacial score (nSPS) is 16.9. The molecule has 1 aliphatic rings. The van der Waals surface area contributed by atoms with Crippen LogP contribution in [-0.4, -0.2) is 41.2 Å². The Morgan fingerprint density at radius 2 is 2.00 bits per heavy atom. The molecule has 2 rings (SSSR count). The van der Waals surface area contributed by atoms with Crippen molar-refractivity contribution in [2.45, 2.75) is 26.0 Å². The summed E-state index contributed by atoms with van der Waals surface area (Å²) in [5.41, 5.74) is 5.80. The predicted molar refractivity (Wildman–Crippen MR) is 76.2 cm³/mol. The molecule has 1 aliphatic heterocycles. The topological polar surface area (TPSA) is 75.8 Å². The number of β-amino-alcohol motifs (C(OH)–C–C–N with tert-alkyl or cyclic N) is 1. The molecule has 0 bridgehead atoms. The summed E-state index contributed by atoms with van der Waals surface area (Å²) in [4.78, 5) is 13.5. The van der Waals surface area contributed by atoms with Crippen LogP contribution in [0.15, 0.2) is 24.3 Å². The minimum Gasteiger partial charge on any atom is -0.484 e. The predicted octanol–water partition coefficient (Wildman–Crippen LogP) is 0.753. The number of hydrogen-bond donors (Lipinski definition) is 2. The Morgan fingerprint density at radius 1 is 1.40 bits per heavy atom. The average Bonchev–Trinajstić information content (AvgIpc) is 2.41. The second-order valence-electron chi connectivity index (χ2n) is 5.64. The molecule has 1 heterocycles. The lowest BCUT2D eigenvalue weighted by atomic mass is 9.83. The van der Waals surface area contributed by atoms with Gasteiger partial charge in [-0.3, -0.25) is 4.79 Å². The molecule has 0 unspecified atom stereocenters. The number of nitrogens with two attached hydrogens (primary N) is 1. The summed E-state index contributed by atoms with van der Waals surface area (Å²) in [6.45, 7) is 5.17. The molecule has 0 aliphatic carbocycles. The third-order valence-corrected chi connectivity index (χ3v) is 3.88. The Balaban J connectivity index is 1.79. The fraction of sp³-hybridized carbons (Fsp3) is 0.533. The lowest BCUT2D eigenvalue weighted by Crippen LogP contribution is -2.66. The zero-order valence-corrected chi connectivity index (χ0v) is 12.0. The highest BCUT2D eigenvalue weighted by Crippen LogP contribution is 2.28.